The first-order valence-electron chi connectivity index (χ1n) is 11.0. The third kappa shape index (κ3) is 4.93. The number of benzene rings is 2. The van der Waals surface area contributed by atoms with Crippen LogP contribution in [0.4, 0.5) is 5.69 Å². The van der Waals surface area contributed by atoms with Gasteiger partial charge in [-0.1, -0.05) is 29.8 Å². The molecule has 9 nitrogen and oxygen atoms in total. The van der Waals surface area contributed by atoms with Gasteiger partial charge in [-0.2, -0.15) is 0 Å². The van der Waals surface area contributed by atoms with Crippen molar-refractivity contribution in [1.82, 2.24) is 5.32 Å². The van der Waals surface area contributed by atoms with E-state index in [1.165, 1.54) is 7.05 Å². The summed E-state index contributed by atoms with van der Waals surface area (Å²) in [7, 11) is -5.88. The molecule has 35 heavy (non-hydrogen) atoms. The minimum absolute atomic E-state index is 0.103. The Kier molecular flexibility index (Phi) is 6.45. The maximum atomic E-state index is 12.9. The average molecular weight is 521 g/mol. The topological polar surface area (TPSA) is 123 Å². The molecule has 188 valence electrons. The molecule has 0 saturated carbocycles. The van der Waals surface area contributed by atoms with Crippen molar-refractivity contribution in [2.45, 2.75) is 26.0 Å². The Hall–Kier alpha value is -2.89. The molecule has 1 aliphatic heterocycles. The molecule has 2 unspecified atom stereocenters. The van der Waals surface area contributed by atoms with Crippen LogP contribution in [-0.2, 0) is 24.6 Å². The number of aryl methyl sites for hydroxylation is 1. The quantitative estimate of drug-likeness (QED) is 0.548. The van der Waals surface area contributed by atoms with E-state index >= 15 is 0 Å². The summed E-state index contributed by atoms with van der Waals surface area (Å²) in [6, 6.07) is 9.80. The molecule has 1 aromatic heterocycles. The fourth-order valence-electron chi connectivity index (χ4n) is 4.45. The molecule has 2 atom stereocenters. The summed E-state index contributed by atoms with van der Waals surface area (Å²) in [6.45, 7) is 3.61. The van der Waals surface area contributed by atoms with Gasteiger partial charge in [0.05, 0.1) is 42.0 Å². The van der Waals surface area contributed by atoms with Crippen LogP contribution in [0.5, 0.6) is 0 Å². The van der Waals surface area contributed by atoms with E-state index in [0.29, 0.717) is 33.4 Å². The SMILES string of the molecule is CNC(=O)c1c(-c2ccc(C)cc2)oc2cc3c(cc12)C(C)OCC(CS(C)(=O)=O)N3S(C)(=O)=O. The molecule has 2 heterocycles. The normalized spacial score (nSPS) is 18.8. The number of nitrogens with zero attached hydrogens (tertiary/aromatic N) is 1. The number of carbonyl (C=O) groups is 1. The smallest absolute Gasteiger partial charge is 0.255 e. The Morgan fingerprint density at radius 3 is 2.34 bits per heavy atom. The summed E-state index contributed by atoms with van der Waals surface area (Å²) in [6.07, 6.45) is 1.53. The van der Waals surface area contributed by atoms with Crippen molar-refractivity contribution >= 4 is 42.4 Å². The van der Waals surface area contributed by atoms with Crippen LogP contribution < -0.4 is 9.62 Å². The molecule has 0 saturated heterocycles. The third-order valence-electron chi connectivity index (χ3n) is 6.00. The number of ether oxygens (including phenoxy) is 1. The third-order valence-corrected chi connectivity index (χ3v) is 8.20. The van der Waals surface area contributed by atoms with Crippen molar-refractivity contribution in [3.8, 4) is 11.3 Å². The minimum Gasteiger partial charge on any atom is -0.455 e. The standard InChI is InChI=1S/C24H28N2O7S2/c1-14-6-8-16(9-7-14)23-22(24(27)25-3)19-10-18-15(2)32-12-17(13-34(4,28)29)26(35(5,30)31)20(18)11-21(19)33-23/h6-11,15,17H,12-13H2,1-5H3,(H,25,27). The van der Waals surface area contributed by atoms with Crippen LogP contribution in [0.25, 0.3) is 22.3 Å². The Morgan fingerprint density at radius 1 is 1.11 bits per heavy atom. The van der Waals surface area contributed by atoms with Crippen LogP contribution in [0.2, 0.25) is 0 Å². The van der Waals surface area contributed by atoms with Gasteiger partial charge in [0.2, 0.25) is 10.0 Å². The second-order valence-corrected chi connectivity index (χ2v) is 13.0. The van der Waals surface area contributed by atoms with Gasteiger partial charge >= 0.3 is 0 Å². The zero-order chi connectivity index (χ0) is 25.7. The lowest BCUT2D eigenvalue weighted by molar-refractivity contribution is 0.0652. The number of nitrogens with one attached hydrogen (secondary N) is 1. The van der Waals surface area contributed by atoms with Crippen LogP contribution in [0, 0.1) is 6.92 Å². The highest BCUT2D eigenvalue weighted by Crippen LogP contribution is 2.42. The number of furan rings is 1. The van der Waals surface area contributed by atoms with Gasteiger partial charge in [0.1, 0.15) is 21.2 Å². The highest BCUT2D eigenvalue weighted by molar-refractivity contribution is 7.92. The molecular formula is C24H28N2O7S2. The number of rotatable bonds is 5. The van der Waals surface area contributed by atoms with E-state index in [-0.39, 0.29) is 18.2 Å². The molecule has 4 rings (SSSR count). The number of fused-ring (bicyclic) bond motifs is 2. The fraction of sp³-hybridized carbons (Fsp3) is 0.375. The second kappa shape index (κ2) is 8.96. The van der Waals surface area contributed by atoms with Gasteiger partial charge in [-0.3, -0.25) is 9.10 Å². The fourth-order valence-corrected chi connectivity index (χ4v) is 6.68. The largest absolute Gasteiger partial charge is 0.455 e. The Labute approximate surface area is 205 Å². The maximum Gasteiger partial charge on any atom is 0.255 e. The van der Waals surface area contributed by atoms with E-state index in [9.17, 15) is 21.6 Å². The molecule has 0 bridgehead atoms. The first-order valence-corrected chi connectivity index (χ1v) is 14.9. The Morgan fingerprint density at radius 2 is 1.77 bits per heavy atom. The van der Waals surface area contributed by atoms with E-state index in [0.717, 1.165) is 22.4 Å². The number of hydrogen-bond acceptors (Lipinski definition) is 7. The lowest BCUT2D eigenvalue weighted by Crippen LogP contribution is -2.45. The maximum absolute atomic E-state index is 12.9. The highest BCUT2D eigenvalue weighted by atomic mass is 32.2. The molecule has 2 aromatic carbocycles. The second-order valence-electron chi connectivity index (χ2n) is 8.94. The summed E-state index contributed by atoms with van der Waals surface area (Å²) in [5.74, 6) is -0.399. The van der Waals surface area contributed by atoms with E-state index in [2.05, 4.69) is 5.32 Å². The molecule has 1 N–H and O–H groups in total. The molecule has 1 amide bonds. The molecule has 0 fully saturated rings. The van der Waals surface area contributed by atoms with E-state index in [1.807, 2.05) is 31.2 Å². The van der Waals surface area contributed by atoms with Crippen LogP contribution in [0.1, 0.15) is 34.5 Å². The first-order chi connectivity index (χ1) is 16.3. The van der Waals surface area contributed by atoms with E-state index in [4.69, 9.17) is 9.15 Å². The molecule has 11 heteroatoms. The first kappa shape index (κ1) is 25.2. The van der Waals surface area contributed by atoms with Crippen molar-refractivity contribution in [3.05, 3.63) is 53.1 Å². The van der Waals surface area contributed by atoms with Gasteiger partial charge in [-0.15, -0.1) is 0 Å². The zero-order valence-corrected chi connectivity index (χ0v) is 21.8. The molecule has 3 aromatic rings. The van der Waals surface area contributed by atoms with Crippen molar-refractivity contribution in [2.24, 2.45) is 0 Å². The van der Waals surface area contributed by atoms with Gasteiger partial charge < -0.3 is 14.5 Å². The summed E-state index contributed by atoms with van der Waals surface area (Å²) in [5, 5.41) is 3.15. The van der Waals surface area contributed by atoms with Crippen LogP contribution >= 0.6 is 0 Å². The van der Waals surface area contributed by atoms with E-state index < -0.39 is 37.8 Å². The summed E-state index contributed by atoms with van der Waals surface area (Å²) in [5.41, 5.74) is 3.15. The number of hydrogen-bond donors (Lipinski definition) is 1. The van der Waals surface area contributed by atoms with Gasteiger partial charge in [0.25, 0.3) is 5.91 Å². The van der Waals surface area contributed by atoms with Gasteiger partial charge in [0.15, 0.2) is 0 Å². The van der Waals surface area contributed by atoms with Gasteiger partial charge in [0, 0.05) is 35.9 Å². The molecule has 0 radical (unpaired) electrons. The number of sulfone groups is 1. The predicted molar refractivity (Wildman–Crippen MR) is 135 cm³/mol. The summed E-state index contributed by atoms with van der Waals surface area (Å²) in [4.78, 5) is 12.9. The van der Waals surface area contributed by atoms with Crippen molar-refractivity contribution < 1.29 is 30.8 Å². The molecule has 0 spiro atoms. The lowest BCUT2D eigenvalue weighted by atomic mass is 10.00. The molecular weight excluding hydrogens is 492 g/mol. The average Bonchev–Trinajstić information content (AvgIpc) is 3.06. The van der Waals surface area contributed by atoms with Crippen LogP contribution in [0.3, 0.4) is 0 Å². The van der Waals surface area contributed by atoms with Crippen molar-refractivity contribution in [1.29, 1.82) is 0 Å². The zero-order valence-electron chi connectivity index (χ0n) is 20.2. The predicted octanol–water partition coefficient (Wildman–Crippen LogP) is 3.04. The highest BCUT2D eigenvalue weighted by Gasteiger charge is 2.37. The monoisotopic (exact) mass is 520 g/mol. The Bertz CT molecular complexity index is 1510. The van der Waals surface area contributed by atoms with Crippen LogP contribution in [-0.4, -0.2) is 60.7 Å². The number of anilines is 1. The van der Waals surface area contributed by atoms with Crippen LogP contribution in [0.15, 0.2) is 40.8 Å². The number of amides is 1. The Balaban J connectivity index is 2.02. The lowest BCUT2D eigenvalue weighted by Gasteiger charge is -2.29. The summed E-state index contributed by atoms with van der Waals surface area (Å²) < 4.78 is 63.1. The van der Waals surface area contributed by atoms with Crippen molar-refractivity contribution in [3.63, 3.8) is 0 Å². The number of carbonyl (C=O) groups excluding carboxylic acids is 1. The van der Waals surface area contributed by atoms with E-state index in [1.54, 1.807) is 19.1 Å². The molecule has 1 aliphatic rings. The molecule has 0 aliphatic carbocycles. The van der Waals surface area contributed by atoms with Gasteiger partial charge in [-0.25, -0.2) is 16.8 Å². The van der Waals surface area contributed by atoms with Crippen molar-refractivity contribution in [2.75, 3.05) is 36.2 Å². The number of sulfonamides is 1. The summed E-state index contributed by atoms with van der Waals surface area (Å²) >= 11 is 0. The van der Waals surface area contributed by atoms with Gasteiger partial charge in [-0.05, 0) is 19.9 Å². The minimum atomic E-state index is -3.89.